The molecule has 0 spiro atoms. The van der Waals surface area contributed by atoms with Gasteiger partial charge in [-0.3, -0.25) is 5.84 Å². The van der Waals surface area contributed by atoms with E-state index >= 15 is 0 Å². The molecule has 0 fully saturated rings. The fourth-order valence-electron chi connectivity index (χ4n) is 2.23. The Labute approximate surface area is 140 Å². The van der Waals surface area contributed by atoms with Crippen LogP contribution in [0, 0.1) is 0 Å². The number of ether oxygens (including phenoxy) is 2. The van der Waals surface area contributed by atoms with Crippen molar-refractivity contribution in [2.75, 3.05) is 14.2 Å². The summed E-state index contributed by atoms with van der Waals surface area (Å²) in [4.78, 5) is 0. The number of benzene rings is 2. The standard InChI is InChI=1S/C15H16Br2N2O2/c1-20-12-4-3-5-13(21-2)14(12)15(19-18)10-7-6-9(16)8-11(10)17/h3-8,15,19H,18H2,1-2H3. The molecule has 1 atom stereocenters. The number of hydrogen-bond acceptors (Lipinski definition) is 4. The van der Waals surface area contributed by atoms with Crippen molar-refractivity contribution in [2.45, 2.75) is 6.04 Å². The van der Waals surface area contributed by atoms with Crippen molar-refractivity contribution in [3.8, 4) is 11.5 Å². The number of nitrogens with two attached hydrogens (primary N) is 1. The maximum Gasteiger partial charge on any atom is 0.127 e. The summed E-state index contributed by atoms with van der Waals surface area (Å²) in [6, 6.07) is 11.3. The van der Waals surface area contributed by atoms with E-state index in [-0.39, 0.29) is 6.04 Å². The minimum Gasteiger partial charge on any atom is -0.496 e. The molecule has 0 saturated heterocycles. The molecule has 2 rings (SSSR count). The minimum atomic E-state index is -0.265. The SMILES string of the molecule is COc1cccc(OC)c1C(NN)c1ccc(Br)cc1Br. The summed E-state index contributed by atoms with van der Waals surface area (Å²) in [7, 11) is 3.25. The van der Waals surface area contributed by atoms with Crippen LogP contribution in [0.1, 0.15) is 17.2 Å². The molecule has 0 saturated carbocycles. The summed E-state index contributed by atoms with van der Waals surface area (Å²) in [5.74, 6) is 7.23. The van der Waals surface area contributed by atoms with Crippen molar-refractivity contribution in [2.24, 2.45) is 5.84 Å². The van der Waals surface area contributed by atoms with Crippen molar-refractivity contribution in [1.82, 2.24) is 5.43 Å². The number of hydrazine groups is 1. The first-order valence-corrected chi connectivity index (χ1v) is 7.83. The number of hydrogen-bond donors (Lipinski definition) is 2. The molecule has 0 bridgehead atoms. The second kappa shape index (κ2) is 7.26. The maximum atomic E-state index is 5.80. The molecule has 4 nitrogen and oxygen atoms in total. The van der Waals surface area contributed by atoms with Crippen LogP contribution in [-0.4, -0.2) is 14.2 Å². The lowest BCUT2D eigenvalue weighted by Crippen LogP contribution is -2.29. The van der Waals surface area contributed by atoms with Gasteiger partial charge in [0.25, 0.3) is 0 Å². The van der Waals surface area contributed by atoms with Gasteiger partial charge in [0.05, 0.1) is 25.8 Å². The number of nitrogens with one attached hydrogen (secondary N) is 1. The fourth-order valence-corrected chi connectivity index (χ4v) is 3.50. The summed E-state index contributed by atoms with van der Waals surface area (Å²) < 4.78 is 12.8. The third-order valence-electron chi connectivity index (χ3n) is 3.19. The molecule has 2 aromatic carbocycles. The molecule has 3 N–H and O–H groups in total. The summed E-state index contributed by atoms with van der Waals surface area (Å²) >= 11 is 7.02. The van der Waals surface area contributed by atoms with Crippen LogP contribution in [0.2, 0.25) is 0 Å². The molecule has 2 aromatic rings. The van der Waals surface area contributed by atoms with E-state index in [4.69, 9.17) is 15.3 Å². The fraction of sp³-hybridized carbons (Fsp3) is 0.200. The monoisotopic (exact) mass is 414 g/mol. The Hall–Kier alpha value is -1.08. The summed E-state index contributed by atoms with van der Waals surface area (Å²) in [6.45, 7) is 0. The normalized spacial score (nSPS) is 12.0. The average molecular weight is 416 g/mol. The molecule has 21 heavy (non-hydrogen) atoms. The van der Waals surface area contributed by atoms with E-state index in [9.17, 15) is 0 Å². The Morgan fingerprint density at radius 1 is 1.05 bits per heavy atom. The Morgan fingerprint density at radius 2 is 1.67 bits per heavy atom. The Balaban J connectivity index is 2.61. The van der Waals surface area contributed by atoms with E-state index in [1.165, 1.54) is 0 Å². The summed E-state index contributed by atoms with van der Waals surface area (Å²) in [6.07, 6.45) is 0. The van der Waals surface area contributed by atoms with Gasteiger partial charge < -0.3 is 9.47 Å². The predicted octanol–water partition coefficient (Wildman–Crippen LogP) is 3.78. The second-order valence-electron chi connectivity index (χ2n) is 4.34. The molecular formula is C15H16Br2N2O2. The van der Waals surface area contributed by atoms with Gasteiger partial charge in [0.15, 0.2) is 0 Å². The van der Waals surface area contributed by atoms with Crippen molar-refractivity contribution >= 4 is 31.9 Å². The first-order valence-electron chi connectivity index (χ1n) is 6.24. The Morgan fingerprint density at radius 3 is 2.14 bits per heavy atom. The maximum absolute atomic E-state index is 5.80. The highest BCUT2D eigenvalue weighted by molar-refractivity contribution is 9.11. The van der Waals surface area contributed by atoms with Gasteiger partial charge in [-0.25, -0.2) is 5.43 Å². The molecule has 6 heteroatoms. The molecule has 0 aliphatic heterocycles. The van der Waals surface area contributed by atoms with E-state index < -0.39 is 0 Å². The molecule has 0 amide bonds. The molecule has 0 radical (unpaired) electrons. The van der Waals surface area contributed by atoms with Gasteiger partial charge in [0, 0.05) is 8.95 Å². The van der Waals surface area contributed by atoms with Crippen molar-refractivity contribution in [1.29, 1.82) is 0 Å². The Kier molecular flexibility index (Phi) is 5.64. The molecule has 1 unspecified atom stereocenters. The summed E-state index contributed by atoms with van der Waals surface area (Å²) in [5.41, 5.74) is 4.68. The molecule has 0 aromatic heterocycles. The lowest BCUT2D eigenvalue weighted by atomic mass is 9.97. The molecular weight excluding hydrogens is 400 g/mol. The third kappa shape index (κ3) is 3.40. The Bertz CT molecular complexity index is 613. The minimum absolute atomic E-state index is 0.265. The van der Waals surface area contributed by atoms with Gasteiger partial charge in [-0.1, -0.05) is 44.0 Å². The van der Waals surface area contributed by atoms with Crippen molar-refractivity contribution in [3.63, 3.8) is 0 Å². The van der Waals surface area contributed by atoms with Crippen LogP contribution in [0.15, 0.2) is 45.3 Å². The average Bonchev–Trinajstić information content (AvgIpc) is 2.49. The quantitative estimate of drug-likeness (QED) is 0.576. The smallest absolute Gasteiger partial charge is 0.127 e. The van der Waals surface area contributed by atoms with Crippen molar-refractivity contribution < 1.29 is 9.47 Å². The lowest BCUT2D eigenvalue weighted by molar-refractivity contribution is 0.377. The zero-order valence-corrected chi connectivity index (χ0v) is 14.9. The van der Waals surface area contributed by atoms with E-state index in [1.54, 1.807) is 14.2 Å². The van der Waals surface area contributed by atoms with Gasteiger partial charge in [-0.2, -0.15) is 0 Å². The molecule has 0 aliphatic rings. The van der Waals surface area contributed by atoms with E-state index in [0.29, 0.717) is 11.5 Å². The van der Waals surface area contributed by atoms with Gasteiger partial charge >= 0.3 is 0 Å². The van der Waals surface area contributed by atoms with E-state index in [2.05, 4.69) is 37.3 Å². The lowest BCUT2D eigenvalue weighted by Gasteiger charge is -2.23. The van der Waals surface area contributed by atoms with Gasteiger partial charge in [-0.05, 0) is 29.8 Å². The van der Waals surface area contributed by atoms with Gasteiger partial charge in [0.1, 0.15) is 11.5 Å². The molecule has 0 aliphatic carbocycles. The third-order valence-corrected chi connectivity index (χ3v) is 4.37. The van der Waals surface area contributed by atoms with Crippen LogP contribution in [0.5, 0.6) is 11.5 Å². The summed E-state index contributed by atoms with van der Waals surface area (Å²) in [5, 5.41) is 0. The van der Waals surface area contributed by atoms with Crippen LogP contribution >= 0.6 is 31.9 Å². The topological polar surface area (TPSA) is 56.5 Å². The first-order chi connectivity index (χ1) is 10.1. The highest BCUT2D eigenvalue weighted by atomic mass is 79.9. The number of methoxy groups -OCH3 is 2. The molecule has 0 heterocycles. The highest BCUT2D eigenvalue weighted by Crippen LogP contribution is 2.39. The van der Waals surface area contributed by atoms with Crippen LogP contribution in [0.4, 0.5) is 0 Å². The predicted molar refractivity (Wildman–Crippen MR) is 90.6 cm³/mol. The molecule has 112 valence electrons. The number of halogens is 2. The van der Waals surface area contributed by atoms with Crippen LogP contribution in [-0.2, 0) is 0 Å². The van der Waals surface area contributed by atoms with Gasteiger partial charge in [0.2, 0.25) is 0 Å². The zero-order chi connectivity index (χ0) is 15.4. The van der Waals surface area contributed by atoms with E-state index in [1.807, 2.05) is 36.4 Å². The number of rotatable bonds is 5. The largest absolute Gasteiger partial charge is 0.496 e. The van der Waals surface area contributed by atoms with Crippen LogP contribution < -0.4 is 20.7 Å². The van der Waals surface area contributed by atoms with Gasteiger partial charge in [-0.15, -0.1) is 0 Å². The van der Waals surface area contributed by atoms with E-state index in [0.717, 1.165) is 20.1 Å². The van der Waals surface area contributed by atoms with Crippen molar-refractivity contribution in [3.05, 3.63) is 56.5 Å². The second-order valence-corrected chi connectivity index (χ2v) is 6.11. The van der Waals surface area contributed by atoms with Crippen LogP contribution in [0.25, 0.3) is 0 Å². The zero-order valence-electron chi connectivity index (χ0n) is 11.7. The first kappa shape index (κ1) is 16.3. The van der Waals surface area contributed by atoms with Crippen LogP contribution in [0.3, 0.4) is 0 Å². The highest BCUT2D eigenvalue weighted by Gasteiger charge is 2.23.